The lowest BCUT2D eigenvalue weighted by molar-refractivity contribution is 0.0825. The van der Waals surface area contributed by atoms with E-state index in [-0.39, 0.29) is 11.7 Å². The van der Waals surface area contributed by atoms with Gasteiger partial charge in [0.25, 0.3) is 5.91 Å². The van der Waals surface area contributed by atoms with Crippen molar-refractivity contribution in [1.29, 1.82) is 0 Å². The predicted octanol–water partition coefficient (Wildman–Crippen LogP) is 5.93. The Hall–Kier alpha value is -3.79. The van der Waals surface area contributed by atoms with Crippen LogP contribution in [0.4, 0.5) is 5.82 Å². The lowest BCUT2D eigenvalue weighted by atomic mass is 10.1. The molecule has 1 unspecified atom stereocenters. The number of benzene rings is 3. The van der Waals surface area contributed by atoms with Crippen molar-refractivity contribution in [2.45, 2.75) is 6.10 Å². The standard InChI is InChI=1S/C27H23BrClN5O3/c1-33(2)27(36)18-5-3-4-6-24(18)37-17-8-10-23(20(29)13-17)34-26(30)19(14-31-34)25(35)22-12-15-11-16(28)7-9-21(15)32-22/h3-14,25,32,35H,30H2,1-2H3. The molecule has 1 atom stereocenters. The van der Waals surface area contributed by atoms with Gasteiger partial charge in [-0.15, -0.1) is 0 Å². The number of aliphatic hydroxyl groups excluding tert-OH is 1. The van der Waals surface area contributed by atoms with Crippen LogP contribution in [0.3, 0.4) is 0 Å². The van der Waals surface area contributed by atoms with E-state index in [1.807, 2.05) is 24.3 Å². The van der Waals surface area contributed by atoms with E-state index in [1.165, 1.54) is 15.8 Å². The molecular weight excluding hydrogens is 558 g/mol. The summed E-state index contributed by atoms with van der Waals surface area (Å²) in [5, 5.41) is 16.7. The van der Waals surface area contributed by atoms with Crippen molar-refractivity contribution >= 4 is 50.2 Å². The van der Waals surface area contributed by atoms with E-state index in [9.17, 15) is 9.90 Å². The summed E-state index contributed by atoms with van der Waals surface area (Å²) in [6, 6.07) is 19.8. The molecule has 0 aliphatic heterocycles. The highest BCUT2D eigenvalue weighted by molar-refractivity contribution is 9.10. The fourth-order valence-electron chi connectivity index (χ4n) is 4.04. The monoisotopic (exact) mass is 579 g/mol. The topological polar surface area (TPSA) is 109 Å². The normalized spacial score (nSPS) is 12.0. The molecule has 0 saturated heterocycles. The molecular formula is C27H23BrClN5O3. The van der Waals surface area contributed by atoms with Gasteiger partial charge in [-0.25, -0.2) is 4.68 Å². The molecule has 5 rings (SSSR count). The second-order valence-corrected chi connectivity index (χ2v) is 9.99. The lowest BCUT2D eigenvalue weighted by Crippen LogP contribution is -2.22. The van der Waals surface area contributed by atoms with Crippen molar-refractivity contribution in [2.75, 3.05) is 19.8 Å². The third-order valence-corrected chi connectivity index (χ3v) is 6.72. The Kier molecular flexibility index (Phi) is 6.68. The van der Waals surface area contributed by atoms with E-state index in [1.54, 1.807) is 56.6 Å². The predicted molar refractivity (Wildman–Crippen MR) is 148 cm³/mol. The Morgan fingerprint density at radius 3 is 2.70 bits per heavy atom. The third kappa shape index (κ3) is 4.81. The van der Waals surface area contributed by atoms with Crippen LogP contribution in [0.15, 0.2) is 77.4 Å². The van der Waals surface area contributed by atoms with Crippen LogP contribution in [0.2, 0.25) is 5.02 Å². The summed E-state index contributed by atoms with van der Waals surface area (Å²) in [7, 11) is 3.36. The summed E-state index contributed by atoms with van der Waals surface area (Å²) >= 11 is 10.0. The number of H-pyrrole nitrogens is 1. The number of aromatic amines is 1. The molecule has 188 valence electrons. The number of para-hydroxylation sites is 1. The number of nitrogens with zero attached hydrogens (tertiary/aromatic N) is 3. The van der Waals surface area contributed by atoms with Gasteiger partial charge in [0, 0.05) is 46.8 Å². The molecule has 0 bridgehead atoms. The van der Waals surface area contributed by atoms with Gasteiger partial charge >= 0.3 is 0 Å². The van der Waals surface area contributed by atoms with Gasteiger partial charge in [0.1, 0.15) is 23.4 Å². The van der Waals surface area contributed by atoms with Crippen molar-refractivity contribution in [3.05, 3.63) is 99.2 Å². The number of aromatic nitrogens is 3. The molecule has 8 nitrogen and oxygen atoms in total. The highest BCUT2D eigenvalue weighted by atomic mass is 79.9. The number of aliphatic hydroxyl groups is 1. The number of halogens is 2. The van der Waals surface area contributed by atoms with Crippen molar-refractivity contribution in [2.24, 2.45) is 0 Å². The first kappa shape index (κ1) is 24.9. The molecule has 1 amide bonds. The molecule has 0 spiro atoms. The van der Waals surface area contributed by atoms with Crippen LogP contribution in [-0.4, -0.2) is 44.8 Å². The second kappa shape index (κ2) is 9.93. The molecule has 3 aromatic carbocycles. The number of amides is 1. The average molecular weight is 581 g/mol. The zero-order valence-electron chi connectivity index (χ0n) is 19.9. The van der Waals surface area contributed by atoms with Crippen LogP contribution < -0.4 is 10.5 Å². The number of hydrogen-bond donors (Lipinski definition) is 3. The van der Waals surface area contributed by atoms with Crippen LogP contribution in [0.25, 0.3) is 16.6 Å². The molecule has 5 aromatic rings. The zero-order chi connectivity index (χ0) is 26.3. The number of rotatable bonds is 6. The number of hydrogen-bond acceptors (Lipinski definition) is 5. The molecule has 4 N–H and O–H groups in total. The fourth-order valence-corrected chi connectivity index (χ4v) is 4.67. The smallest absolute Gasteiger partial charge is 0.257 e. The summed E-state index contributed by atoms with van der Waals surface area (Å²) in [5.74, 6) is 0.948. The molecule has 0 fully saturated rings. The minimum absolute atomic E-state index is 0.170. The van der Waals surface area contributed by atoms with E-state index in [2.05, 4.69) is 26.0 Å². The van der Waals surface area contributed by atoms with Crippen molar-refractivity contribution in [3.8, 4) is 17.2 Å². The highest BCUT2D eigenvalue weighted by Crippen LogP contribution is 2.34. The number of anilines is 1. The van der Waals surface area contributed by atoms with Gasteiger partial charge in [-0.1, -0.05) is 39.7 Å². The molecule has 0 aliphatic rings. The average Bonchev–Trinajstić information content (AvgIpc) is 3.47. The van der Waals surface area contributed by atoms with Gasteiger partial charge in [0.15, 0.2) is 0 Å². The fraction of sp³-hybridized carbons (Fsp3) is 0.111. The summed E-state index contributed by atoms with van der Waals surface area (Å²) < 4.78 is 8.39. The maximum atomic E-state index is 12.5. The molecule has 2 aromatic heterocycles. The van der Waals surface area contributed by atoms with Gasteiger partial charge in [-0.3, -0.25) is 4.79 Å². The Balaban J connectivity index is 1.42. The first-order chi connectivity index (χ1) is 17.7. The maximum Gasteiger partial charge on any atom is 0.257 e. The SMILES string of the molecule is CN(C)C(=O)c1ccccc1Oc1ccc(-n2ncc(C(O)c3cc4cc(Br)ccc4[nH]3)c2N)c(Cl)c1. The van der Waals surface area contributed by atoms with E-state index < -0.39 is 6.10 Å². The Morgan fingerprint density at radius 1 is 1.16 bits per heavy atom. The number of nitrogen functional groups attached to an aromatic ring is 1. The number of ether oxygens (including phenoxy) is 1. The van der Waals surface area contributed by atoms with Gasteiger partial charge in [-0.05, 0) is 48.5 Å². The van der Waals surface area contributed by atoms with Gasteiger partial charge < -0.3 is 25.5 Å². The van der Waals surface area contributed by atoms with Crippen molar-refractivity contribution < 1.29 is 14.6 Å². The number of carbonyl (C=O) groups excluding carboxylic acids is 1. The molecule has 0 saturated carbocycles. The molecule has 0 radical (unpaired) electrons. The number of nitrogens with two attached hydrogens (primary N) is 1. The van der Waals surface area contributed by atoms with Crippen LogP contribution >= 0.6 is 27.5 Å². The lowest BCUT2D eigenvalue weighted by Gasteiger charge is -2.15. The van der Waals surface area contributed by atoms with E-state index >= 15 is 0 Å². The molecule has 0 aliphatic carbocycles. The van der Waals surface area contributed by atoms with E-state index in [0.717, 1.165) is 15.4 Å². The summed E-state index contributed by atoms with van der Waals surface area (Å²) in [5.41, 5.74) is 9.28. The highest BCUT2D eigenvalue weighted by Gasteiger charge is 2.22. The maximum absolute atomic E-state index is 12.5. The second-order valence-electron chi connectivity index (χ2n) is 8.67. The van der Waals surface area contributed by atoms with E-state index in [0.29, 0.717) is 39.0 Å². The summed E-state index contributed by atoms with van der Waals surface area (Å²) in [4.78, 5) is 17.2. The Bertz CT molecular complexity index is 1630. The quantitative estimate of drug-likeness (QED) is 0.231. The van der Waals surface area contributed by atoms with Gasteiger partial charge in [0.2, 0.25) is 0 Å². The molecule has 2 heterocycles. The first-order valence-corrected chi connectivity index (χ1v) is 12.5. The Morgan fingerprint density at radius 2 is 1.95 bits per heavy atom. The van der Waals surface area contributed by atoms with Crippen LogP contribution in [0.5, 0.6) is 11.5 Å². The van der Waals surface area contributed by atoms with Crippen LogP contribution in [0.1, 0.15) is 27.7 Å². The number of fused-ring (bicyclic) bond motifs is 1. The van der Waals surface area contributed by atoms with Crippen LogP contribution in [-0.2, 0) is 0 Å². The van der Waals surface area contributed by atoms with Gasteiger partial charge in [-0.2, -0.15) is 5.10 Å². The Labute approximate surface area is 226 Å². The van der Waals surface area contributed by atoms with Crippen LogP contribution in [0, 0.1) is 0 Å². The minimum Gasteiger partial charge on any atom is -0.456 e. The largest absolute Gasteiger partial charge is 0.456 e. The first-order valence-electron chi connectivity index (χ1n) is 11.3. The third-order valence-electron chi connectivity index (χ3n) is 5.93. The van der Waals surface area contributed by atoms with Crippen molar-refractivity contribution in [1.82, 2.24) is 19.7 Å². The number of carbonyl (C=O) groups is 1. The van der Waals surface area contributed by atoms with E-state index in [4.69, 9.17) is 22.1 Å². The summed E-state index contributed by atoms with van der Waals surface area (Å²) in [6.07, 6.45) is 0.512. The van der Waals surface area contributed by atoms with Gasteiger partial charge in [0.05, 0.1) is 22.5 Å². The summed E-state index contributed by atoms with van der Waals surface area (Å²) in [6.45, 7) is 0. The zero-order valence-corrected chi connectivity index (χ0v) is 22.3. The van der Waals surface area contributed by atoms with Crippen molar-refractivity contribution in [3.63, 3.8) is 0 Å². The molecule has 10 heteroatoms. The minimum atomic E-state index is -1.01. The number of nitrogens with one attached hydrogen (secondary N) is 1. The molecule has 37 heavy (non-hydrogen) atoms.